The van der Waals surface area contributed by atoms with Crippen LogP contribution in [0.25, 0.3) is 0 Å². The average molecular weight is 307 g/mol. The van der Waals surface area contributed by atoms with Crippen molar-refractivity contribution in [3.8, 4) is 0 Å². The molecule has 0 saturated carbocycles. The summed E-state index contributed by atoms with van der Waals surface area (Å²) in [4.78, 5) is 25.9. The molecule has 0 atom stereocenters. The summed E-state index contributed by atoms with van der Waals surface area (Å²) in [6, 6.07) is 0. The summed E-state index contributed by atoms with van der Waals surface area (Å²) >= 11 is 0. The molecule has 0 aliphatic carbocycles. The molecule has 6 heteroatoms. The molecule has 118 valence electrons. The van der Waals surface area contributed by atoms with Crippen LogP contribution < -0.4 is 5.73 Å². The lowest BCUT2D eigenvalue weighted by atomic mass is 9.80. The fourth-order valence-corrected chi connectivity index (χ4v) is 2.75. The predicted molar refractivity (Wildman–Crippen MR) is 80.6 cm³/mol. The van der Waals surface area contributed by atoms with E-state index in [9.17, 15) is 9.59 Å². The largest absolute Gasteiger partial charge is 0.469 e. The van der Waals surface area contributed by atoms with Gasteiger partial charge in [0.15, 0.2) is 0 Å². The van der Waals surface area contributed by atoms with Crippen LogP contribution in [0, 0.1) is 11.3 Å². The summed E-state index contributed by atoms with van der Waals surface area (Å²) < 4.78 is 4.75. The second-order valence-corrected chi connectivity index (χ2v) is 5.28. The molecule has 1 fully saturated rings. The van der Waals surface area contributed by atoms with Gasteiger partial charge in [0, 0.05) is 19.6 Å². The first-order chi connectivity index (χ1) is 9.04. The smallest absolute Gasteiger partial charge is 0.308 e. The number of rotatable bonds is 5. The Balaban J connectivity index is 0.00000361. The van der Waals surface area contributed by atoms with Crippen LogP contribution in [0.3, 0.4) is 0 Å². The Hall–Kier alpha value is -0.810. The zero-order valence-electron chi connectivity index (χ0n) is 12.7. The number of amides is 1. The highest BCUT2D eigenvalue weighted by Crippen LogP contribution is 2.30. The number of nitrogens with two attached hydrogens (primary N) is 1. The Morgan fingerprint density at radius 1 is 1.25 bits per heavy atom. The van der Waals surface area contributed by atoms with Gasteiger partial charge in [-0.1, -0.05) is 13.8 Å². The van der Waals surface area contributed by atoms with Crippen LogP contribution in [0.4, 0.5) is 0 Å². The number of nitrogens with zero attached hydrogens (tertiary/aromatic N) is 1. The van der Waals surface area contributed by atoms with E-state index in [2.05, 4.69) is 0 Å². The maximum absolute atomic E-state index is 12.6. The summed E-state index contributed by atoms with van der Waals surface area (Å²) in [5.74, 6) is -0.0870. The van der Waals surface area contributed by atoms with Gasteiger partial charge in [-0.2, -0.15) is 0 Å². The van der Waals surface area contributed by atoms with Gasteiger partial charge in [0.05, 0.1) is 18.4 Å². The standard InChI is InChI=1S/C14H26N2O3.ClH/c1-4-14(5-2,10-15)13(18)16-8-6-11(7-9-16)12(17)19-3;/h11H,4-10,15H2,1-3H3;1H. The fourth-order valence-electron chi connectivity index (χ4n) is 2.75. The lowest BCUT2D eigenvalue weighted by Crippen LogP contribution is -2.50. The van der Waals surface area contributed by atoms with Gasteiger partial charge < -0.3 is 15.4 Å². The number of piperidine rings is 1. The van der Waals surface area contributed by atoms with Crippen molar-refractivity contribution in [3.05, 3.63) is 0 Å². The monoisotopic (exact) mass is 306 g/mol. The fraction of sp³-hybridized carbons (Fsp3) is 0.857. The molecule has 2 N–H and O–H groups in total. The number of methoxy groups -OCH3 is 1. The molecular formula is C14H27ClN2O3. The van der Waals surface area contributed by atoms with Crippen LogP contribution in [0.2, 0.25) is 0 Å². The van der Waals surface area contributed by atoms with Crippen molar-refractivity contribution in [2.75, 3.05) is 26.7 Å². The minimum atomic E-state index is -0.432. The van der Waals surface area contributed by atoms with Crippen molar-refractivity contribution in [3.63, 3.8) is 0 Å². The Labute approximate surface area is 127 Å². The van der Waals surface area contributed by atoms with Crippen LogP contribution in [0.15, 0.2) is 0 Å². The van der Waals surface area contributed by atoms with Crippen molar-refractivity contribution in [1.29, 1.82) is 0 Å². The number of ether oxygens (including phenoxy) is 1. The van der Waals surface area contributed by atoms with Crippen LogP contribution in [0.1, 0.15) is 39.5 Å². The number of hydrogen-bond donors (Lipinski definition) is 1. The Morgan fingerprint density at radius 3 is 2.10 bits per heavy atom. The number of halogens is 1. The molecule has 0 radical (unpaired) electrons. The van der Waals surface area contributed by atoms with Crippen molar-refractivity contribution < 1.29 is 14.3 Å². The van der Waals surface area contributed by atoms with Crippen LogP contribution in [-0.2, 0) is 14.3 Å². The summed E-state index contributed by atoms with van der Waals surface area (Å²) in [7, 11) is 1.41. The summed E-state index contributed by atoms with van der Waals surface area (Å²) in [6.45, 7) is 5.65. The average Bonchev–Trinajstić information content (AvgIpc) is 2.48. The maximum atomic E-state index is 12.6. The zero-order valence-corrected chi connectivity index (χ0v) is 13.5. The van der Waals surface area contributed by atoms with E-state index in [0.717, 1.165) is 12.8 Å². The van der Waals surface area contributed by atoms with E-state index in [-0.39, 0.29) is 30.2 Å². The van der Waals surface area contributed by atoms with Crippen LogP contribution >= 0.6 is 12.4 Å². The summed E-state index contributed by atoms with van der Waals surface area (Å²) in [6.07, 6.45) is 2.89. The van der Waals surface area contributed by atoms with E-state index in [4.69, 9.17) is 10.5 Å². The minimum Gasteiger partial charge on any atom is -0.469 e. The van der Waals surface area contributed by atoms with Gasteiger partial charge in [-0.3, -0.25) is 9.59 Å². The van der Waals surface area contributed by atoms with Gasteiger partial charge in [-0.25, -0.2) is 0 Å². The number of esters is 1. The van der Waals surface area contributed by atoms with Crippen molar-refractivity contribution in [2.24, 2.45) is 17.1 Å². The molecule has 1 amide bonds. The number of hydrogen-bond acceptors (Lipinski definition) is 4. The van der Waals surface area contributed by atoms with E-state index >= 15 is 0 Å². The van der Waals surface area contributed by atoms with E-state index in [1.165, 1.54) is 7.11 Å². The quantitative estimate of drug-likeness (QED) is 0.783. The van der Waals surface area contributed by atoms with Crippen LogP contribution in [-0.4, -0.2) is 43.5 Å². The van der Waals surface area contributed by atoms with Gasteiger partial charge >= 0.3 is 5.97 Å². The van der Waals surface area contributed by atoms with Crippen molar-refractivity contribution in [2.45, 2.75) is 39.5 Å². The Morgan fingerprint density at radius 2 is 1.75 bits per heavy atom. The molecule has 1 heterocycles. The van der Waals surface area contributed by atoms with E-state index in [0.29, 0.717) is 32.5 Å². The van der Waals surface area contributed by atoms with Crippen LogP contribution in [0.5, 0.6) is 0 Å². The van der Waals surface area contributed by atoms with Gasteiger partial charge in [0.1, 0.15) is 0 Å². The predicted octanol–water partition coefficient (Wildman–Crippen LogP) is 1.58. The highest BCUT2D eigenvalue weighted by molar-refractivity contribution is 5.85. The normalized spacial score (nSPS) is 16.5. The van der Waals surface area contributed by atoms with Crippen molar-refractivity contribution >= 4 is 24.3 Å². The molecule has 0 unspecified atom stereocenters. The third-order valence-corrected chi connectivity index (χ3v) is 4.51. The lowest BCUT2D eigenvalue weighted by Gasteiger charge is -2.38. The summed E-state index contributed by atoms with van der Waals surface area (Å²) in [5.41, 5.74) is 5.38. The molecule has 0 aromatic rings. The molecule has 0 spiro atoms. The van der Waals surface area contributed by atoms with Gasteiger partial charge in [-0.15, -0.1) is 12.4 Å². The Kier molecular flexibility index (Phi) is 8.13. The first-order valence-electron chi connectivity index (χ1n) is 7.11. The van der Waals surface area contributed by atoms with Gasteiger partial charge in [0.2, 0.25) is 5.91 Å². The number of likely N-dealkylation sites (tertiary alicyclic amines) is 1. The first kappa shape index (κ1) is 19.2. The molecule has 0 bridgehead atoms. The highest BCUT2D eigenvalue weighted by atomic mass is 35.5. The second-order valence-electron chi connectivity index (χ2n) is 5.28. The number of carbonyl (C=O) groups is 2. The lowest BCUT2D eigenvalue weighted by molar-refractivity contribution is -0.151. The van der Waals surface area contributed by atoms with Gasteiger partial charge in [0.25, 0.3) is 0 Å². The van der Waals surface area contributed by atoms with Crippen molar-refractivity contribution in [1.82, 2.24) is 4.90 Å². The highest BCUT2D eigenvalue weighted by Gasteiger charge is 2.38. The Bertz CT molecular complexity index is 316. The molecule has 1 aliphatic rings. The molecule has 5 nitrogen and oxygen atoms in total. The molecule has 0 aromatic heterocycles. The molecule has 1 aliphatic heterocycles. The SMILES string of the molecule is CCC(CC)(CN)C(=O)N1CCC(C(=O)OC)CC1.Cl. The third-order valence-electron chi connectivity index (χ3n) is 4.51. The third kappa shape index (κ3) is 3.85. The molecule has 20 heavy (non-hydrogen) atoms. The van der Waals surface area contributed by atoms with E-state index < -0.39 is 5.41 Å². The topological polar surface area (TPSA) is 72.6 Å². The minimum absolute atomic E-state index is 0. The maximum Gasteiger partial charge on any atom is 0.308 e. The number of carbonyl (C=O) groups excluding carboxylic acids is 2. The molecule has 1 rings (SSSR count). The molecule has 0 aromatic carbocycles. The first-order valence-corrected chi connectivity index (χ1v) is 7.11. The zero-order chi connectivity index (χ0) is 14.5. The summed E-state index contributed by atoms with van der Waals surface area (Å²) in [5, 5.41) is 0. The molecular weight excluding hydrogens is 280 g/mol. The van der Waals surface area contributed by atoms with E-state index in [1.54, 1.807) is 0 Å². The molecule has 1 saturated heterocycles. The second kappa shape index (κ2) is 8.47. The van der Waals surface area contributed by atoms with Gasteiger partial charge in [-0.05, 0) is 25.7 Å². The van der Waals surface area contributed by atoms with E-state index in [1.807, 2.05) is 18.7 Å².